The van der Waals surface area contributed by atoms with E-state index in [9.17, 15) is 10.2 Å². The lowest BCUT2D eigenvalue weighted by Gasteiger charge is -2.52. The minimum atomic E-state index is -1.29. The van der Waals surface area contributed by atoms with Gasteiger partial charge >= 0.3 is 0 Å². The lowest BCUT2D eigenvalue weighted by Crippen LogP contribution is -2.57. The number of unbranched alkanes of at least 4 members (excludes halogenated alkanes) is 4. The van der Waals surface area contributed by atoms with Gasteiger partial charge in [0.25, 0.3) is 5.97 Å². The predicted octanol–water partition coefficient (Wildman–Crippen LogP) is 4.07. The molecule has 6 heteroatoms. The van der Waals surface area contributed by atoms with E-state index in [1.54, 1.807) is 21.3 Å². The van der Waals surface area contributed by atoms with Crippen LogP contribution in [0.5, 0.6) is 0 Å². The van der Waals surface area contributed by atoms with Crippen molar-refractivity contribution in [1.29, 1.82) is 0 Å². The second kappa shape index (κ2) is 14.7. The van der Waals surface area contributed by atoms with Crippen molar-refractivity contribution in [1.82, 2.24) is 0 Å². The van der Waals surface area contributed by atoms with Gasteiger partial charge in [0.1, 0.15) is 0 Å². The van der Waals surface area contributed by atoms with Gasteiger partial charge in [-0.05, 0) is 50.0 Å². The predicted molar refractivity (Wildman–Crippen MR) is 119 cm³/mol. The standard InChI is InChI=1S/C23H49NO5/c1-7-8-9-10-11-12-20(13-17-25)22(16-18-26,15-14-21(2,3)19-24)23(27-4,28-5)29-6/h20,25-26H,7-19,24H2,1-6H3. The van der Waals surface area contributed by atoms with E-state index in [1.165, 1.54) is 25.7 Å². The normalized spacial score (nSPS) is 16.0. The maximum absolute atomic E-state index is 10.0. The number of aliphatic hydroxyl groups is 2. The molecule has 0 bridgehead atoms. The Hall–Kier alpha value is -0.240. The molecule has 0 rings (SSSR count). The monoisotopic (exact) mass is 419 g/mol. The Morgan fingerprint density at radius 3 is 1.83 bits per heavy atom. The summed E-state index contributed by atoms with van der Waals surface area (Å²) in [6.07, 6.45) is 9.52. The number of methoxy groups -OCH3 is 3. The second-order valence-electron chi connectivity index (χ2n) is 9.08. The summed E-state index contributed by atoms with van der Waals surface area (Å²) in [4.78, 5) is 0. The minimum Gasteiger partial charge on any atom is -0.396 e. The van der Waals surface area contributed by atoms with Crippen molar-refractivity contribution in [2.75, 3.05) is 41.1 Å². The van der Waals surface area contributed by atoms with E-state index in [0.29, 0.717) is 19.4 Å². The summed E-state index contributed by atoms with van der Waals surface area (Å²) in [5.74, 6) is -1.20. The van der Waals surface area contributed by atoms with Crippen LogP contribution >= 0.6 is 0 Å². The van der Waals surface area contributed by atoms with E-state index in [4.69, 9.17) is 19.9 Å². The number of ether oxygens (including phenoxy) is 3. The summed E-state index contributed by atoms with van der Waals surface area (Å²) >= 11 is 0. The molecule has 0 aromatic carbocycles. The molecule has 2 atom stereocenters. The quantitative estimate of drug-likeness (QED) is 0.216. The molecule has 0 aromatic heterocycles. The molecule has 2 unspecified atom stereocenters. The average Bonchev–Trinajstić information content (AvgIpc) is 2.72. The molecular weight excluding hydrogens is 370 g/mol. The lowest BCUT2D eigenvalue weighted by molar-refractivity contribution is -0.421. The minimum absolute atomic E-state index is 0.00134. The molecule has 0 spiro atoms. The van der Waals surface area contributed by atoms with Crippen LogP contribution in [0.2, 0.25) is 0 Å². The van der Waals surface area contributed by atoms with Crippen LogP contribution in [0, 0.1) is 16.7 Å². The van der Waals surface area contributed by atoms with E-state index in [1.807, 2.05) is 0 Å². The topological polar surface area (TPSA) is 94.2 Å². The fraction of sp³-hybridized carbons (Fsp3) is 1.00. The third-order valence-electron chi connectivity index (χ3n) is 6.69. The molecule has 0 aliphatic carbocycles. The van der Waals surface area contributed by atoms with Gasteiger partial charge in [-0.1, -0.05) is 52.9 Å². The maximum Gasteiger partial charge on any atom is 0.288 e. The zero-order valence-corrected chi connectivity index (χ0v) is 20.0. The molecule has 0 fully saturated rings. The summed E-state index contributed by atoms with van der Waals surface area (Å²) in [5.41, 5.74) is 5.35. The van der Waals surface area contributed by atoms with Crippen molar-refractivity contribution >= 4 is 0 Å². The highest BCUT2D eigenvalue weighted by Crippen LogP contribution is 2.53. The molecule has 0 heterocycles. The molecule has 6 nitrogen and oxygen atoms in total. The molecule has 0 aromatic rings. The van der Waals surface area contributed by atoms with E-state index >= 15 is 0 Å². The van der Waals surface area contributed by atoms with E-state index < -0.39 is 11.4 Å². The zero-order valence-electron chi connectivity index (χ0n) is 20.0. The Kier molecular flexibility index (Phi) is 14.6. The third-order valence-corrected chi connectivity index (χ3v) is 6.69. The van der Waals surface area contributed by atoms with Crippen LogP contribution in [0.1, 0.15) is 85.0 Å². The fourth-order valence-corrected chi connectivity index (χ4v) is 4.66. The maximum atomic E-state index is 10.0. The van der Waals surface area contributed by atoms with Crippen molar-refractivity contribution in [3.63, 3.8) is 0 Å². The number of hydrogen-bond donors (Lipinski definition) is 3. The first-order valence-corrected chi connectivity index (χ1v) is 11.4. The average molecular weight is 420 g/mol. The third kappa shape index (κ3) is 8.08. The van der Waals surface area contributed by atoms with E-state index in [2.05, 4.69) is 20.8 Å². The van der Waals surface area contributed by atoms with Crippen LogP contribution in [0.25, 0.3) is 0 Å². The Balaban J connectivity index is 5.98. The lowest BCUT2D eigenvalue weighted by atomic mass is 9.63. The van der Waals surface area contributed by atoms with Gasteiger partial charge in [-0.3, -0.25) is 0 Å². The highest BCUT2D eigenvalue weighted by atomic mass is 16.9. The van der Waals surface area contributed by atoms with Gasteiger partial charge < -0.3 is 30.2 Å². The summed E-state index contributed by atoms with van der Waals surface area (Å²) in [7, 11) is 4.76. The van der Waals surface area contributed by atoms with Crippen molar-refractivity contribution in [2.24, 2.45) is 22.5 Å². The van der Waals surface area contributed by atoms with E-state index in [-0.39, 0.29) is 24.5 Å². The molecule has 176 valence electrons. The van der Waals surface area contributed by atoms with Crippen molar-refractivity contribution in [2.45, 2.75) is 91.0 Å². The number of hydrogen-bond acceptors (Lipinski definition) is 6. The molecule has 0 amide bonds. The number of nitrogens with two attached hydrogens (primary N) is 1. The molecule has 0 saturated carbocycles. The molecule has 0 aliphatic heterocycles. The molecule has 0 saturated heterocycles. The Morgan fingerprint density at radius 2 is 1.38 bits per heavy atom. The van der Waals surface area contributed by atoms with Crippen LogP contribution in [0.3, 0.4) is 0 Å². The molecule has 4 N–H and O–H groups in total. The zero-order chi connectivity index (χ0) is 22.4. The van der Waals surface area contributed by atoms with Gasteiger partial charge in [0.15, 0.2) is 0 Å². The van der Waals surface area contributed by atoms with Crippen LogP contribution in [0.15, 0.2) is 0 Å². The van der Waals surface area contributed by atoms with Crippen LogP contribution in [0.4, 0.5) is 0 Å². The number of aliphatic hydroxyl groups excluding tert-OH is 2. The van der Waals surface area contributed by atoms with Crippen molar-refractivity contribution < 1.29 is 24.4 Å². The smallest absolute Gasteiger partial charge is 0.288 e. The Labute approximate surface area is 179 Å². The van der Waals surface area contributed by atoms with Crippen LogP contribution in [-0.4, -0.2) is 57.3 Å². The first kappa shape index (κ1) is 28.8. The van der Waals surface area contributed by atoms with Gasteiger partial charge in [0, 0.05) is 34.5 Å². The molecule has 0 radical (unpaired) electrons. The van der Waals surface area contributed by atoms with Gasteiger partial charge in [0.2, 0.25) is 0 Å². The summed E-state index contributed by atoms with van der Waals surface area (Å²) < 4.78 is 17.6. The van der Waals surface area contributed by atoms with Crippen LogP contribution in [-0.2, 0) is 14.2 Å². The Bertz CT molecular complexity index is 392. The van der Waals surface area contributed by atoms with Crippen molar-refractivity contribution in [3.05, 3.63) is 0 Å². The highest BCUT2D eigenvalue weighted by Gasteiger charge is 2.57. The summed E-state index contributed by atoms with van der Waals surface area (Å²) in [6.45, 7) is 7.17. The molecule has 29 heavy (non-hydrogen) atoms. The SMILES string of the molecule is CCCCCCCC(CCO)C(CCO)(CCC(C)(C)CN)C(OC)(OC)OC. The summed E-state index contributed by atoms with van der Waals surface area (Å²) in [6, 6.07) is 0. The highest BCUT2D eigenvalue weighted by molar-refractivity contribution is 4.95. The van der Waals surface area contributed by atoms with Gasteiger partial charge in [-0.15, -0.1) is 0 Å². The largest absolute Gasteiger partial charge is 0.396 e. The van der Waals surface area contributed by atoms with Gasteiger partial charge in [0.05, 0.1) is 5.41 Å². The molecule has 0 aliphatic rings. The van der Waals surface area contributed by atoms with Gasteiger partial charge in [-0.25, -0.2) is 0 Å². The molecular formula is C23H49NO5. The second-order valence-corrected chi connectivity index (χ2v) is 9.08. The number of rotatable bonds is 19. The Morgan fingerprint density at radius 1 is 0.793 bits per heavy atom. The van der Waals surface area contributed by atoms with E-state index in [0.717, 1.165) is 25.7 Å². The fourth-order valence-electron chi connectivity index (χ4n) is 4.66. The first-order chi connectivity index (χ1) is 13.8. The van der Waals surface area contributed by atoms with Gasteiger partial charge in [-0.2, -0.15) is 0 Å². The summed E-state index contributed by atoms with van der Waals surface area (Å²) in [5, 5.41) is 19.9. The first-order valence-electron chi connectivity index (χ1n) is 11.4. The van der Waals surface area contributed by atoms with Crippen LogP contribution < -0.4 is 5.73 Å². The van der Waals surface area contributed by atoms with Crippen molar-refractivity contribution in [3.8, 4) is 0 Å².